The molecule has 47 heavy (non-hydrogen) atoms. The van der Waals surface area contributed by atoms with Crippen LogP contribution in [0.5, 0.6) is 0 Å². The molecule has 0 spiro atoms. The molecule has 0 atom stereocenters. The summed E-state index contributed by atoms with van der Waals surface area (Å²) in [5.41, 5.74) is 13.1. The van der Waals surface area contributed by atoms with Crippen LogP contribution in [-0.4, -0.2) is 11.3 Å². The van der Waals surface area contributed by atoms with Crippen LogP contribution in [0.15, 0.2) is 166 Å². The van der Waals surface area contributed by atoms with E-state index in [2.05, 4.69) is 161 Å². The standard InChI is InChI=1S/C42H25BN2OS/c1-3-13-26(14-4-1)44(27-15-5-2-6-16-27)28-23-34-41-38(24-28)47-37-22-12-9-19-31(37)43(41)32-25-36-39(30-18-8-11-21-35(30)46-36)40-29-17-7-10-20-33(29)45(34)42(32)40/h1-25H. The quantitative estimate of drug-likeness (QED) is 0.185. The summed E-state index contributed by atoms with van der Waals surface area (Å²) >= 11 is 1.89. The predicted octanol–water partition coefficient (Wildman–Crippen LogP) is 9.45. The number of benzene rings is 7. The molecule has 0 bridgehead atoms. The maximum absolute atomic E-state index is 6.63. The van der Waals surface area contributed by atoms with Gasteiger partial charge in [-0.05, 0) is 71.6 Å². The van der Waals surface area contributed by atoms with Crippen LogP contribution in [0, 0.1) is 0 Å². The maximum atomic E-state index is 6.63. The van der Waals surface area contributed by atoms with Crippen molar-refractivity contribution in [2.75, 3.05) is 4.90 Å². The summed E-state index contributed by atoms with van der Waals surface area (Å²) in [4.78, 5) is 4.98. The minimum Gasteiger partial charge on any atom is -0.456 e. The van der Waals surface area contributed by atoms with Crippen molar-refractivity contribution in [3.63, 3.8) is 0 Å². The normalized spacial score (nSPS) is 13.0. The molecular formula is C42H25BN2OS. The lowest BCUT2D eigenvalue weighted by atomic mass is 9.35. The van der Waals surface area contributed by atoms with Crippen LogP contribution >= 0.6 is 11.8 Å². The van der Waals surface area contributed by atoms with Crippen molar-refractivity contribution in [2.24, 2.45) is 0 Å². The van der Waals surface area contributed by atoms with E-state index in [-0.39, 0.29) is 6.71 Å². The fourth-order valence-corrected chi connectivity index (χ4v) is 9.37. The molecule has 2 aliphatic heterocycles. The Labute approximate surface area is 275 Å². The lowest BCUT2D eigenvalue weighted by molar-refractivity contribution is 0.669. The SMILES string of the molecule is c1ccc(N(c2ccccc2)c2cc3c4c(c2)-n2c5ccccc5c5c6c(cc(c52)B4c2ccccc2S3)oc2ccccc26)cc1. The van der Waals surface area contributed by atoms with Crippen LogP contribution in [0.1, 0.15) is 0 Å². The average molecular weight is 617 g/mol. The van der Waals surface area contributed by atoms with Crippen molar-refractivity contribution in [3.8, 4) is 5.69 Å². The minimum atomic E-state index is 0.0883. The summed E-state index contributed by atoms with van der Waals surface area (Å²) in [7, 11) is 0. The summed E-state index contributed by atoms with van der Waals surface area (Å²) in [6.07, 6.45) is 0. The number of furan rings is 1. The van der Waals surface area contributed by atoms with Crippen molar-refractivity contribution < 1.29 is 4.42 Å². The van der Waals surface area contributed by atoms with E-state index >= 15 is 0 Å². The number of fused-ring (bicyclic) bond motifs is 11. The van der Waals surface area contributed by atoms with Gasteiger partial charge < -0.3 is 13.9 Å². The third kappa shape index (κ3) is 3.44. The fraction of sp³-hybridized carbons (Fsp3) is 0. The van der Waals surface area contributed by atoms with E-state index in [0.717, 1.165) is 33.6 Å². The topological polar surface area (TPSA) is 21.3 Å². The summed E-state index contributed by atoms with van der Waals surface area (Å²) < 4.78 is 9.17. The highest BCUT2D eigenvalue weighted by molar-refractivity contribution is 8.00. The summed E-state index contributed by atoms with van der Waals surface area (Å²) in [6, 6.07) is 54.9. The summed E-state index contributed by atoms with van der Waals surface area (Å²) in [5, 5.41) is 4.89. The van der Waals surface area contributed by atoms with Gasteiger partial charge in [0.15, 0.2) is 0 Å². The van der Waals surface area contributed by atoms with Crippen LogP contribution in [0.25, 0.3) is 49.4 Å². The Morgan fingerprint density at radius 1 is 0.532 bits per heavy atom. The third-order valence-electron chi connectivity index (χ3n) is 9.99. The van der Waals surface area contributed by atoms with Crippen molar-refractivity contribution >= 4 is 95.7 Å². The van der Waals surface area contributed by atoms with Gasteiger partial charge in [-0.15, -0.1) is 0 Å². The Kier molecular flexibility index (Phi) is 5.13. The molecule has 0 saturated heterocycles. The Balaban J connectivity index is 1.32. The molecule has 0 fully saturated rings. The van der Waals surface area contributed by atoms with Crippen molar-refractivity contribution in [2.45, 2.75) is 9.79 Å². The molecule has 0 aliphatic carbocycles. The molecule has 3 nitrogen and oxygen atoms in total. The zero-order valence-corrected chi connectivity index (χ0v) is 26.0. The zero-order chi connectivity index (χ0) is 30.6. The first-order valence-corrected chi connectivity index (χ1v) is 16.9. The molecule has 0 amide bonds. The van der Waals surface area contributed by atoms with Crippen LogP contribution in [0.3, 0.4) is 0 Å². The van der Waals surface area contributed by atoms with Gasteiger partial charge in [0, 0.05) is 54.1 Å². The van der Waals surface area contributed by atoms with Gasteiger partial charge in [0.25, 0.3) is 0 Å². The molecule has 4 heterocycles. The lowest BCUT2D eigenvalue weighted by Crippen LogP contribution is -2.58. The van der Waals surface area contributed by atoms with E-state index in [1.165, 1.54) is 59.1 Å². The van der Waals surface area contributed by atoms with Crippen molar-refractivity contribution in [1.82, 2.24) is 4.57 Å². The van der Waals surface area contributed by atoms with Crippen LogP contribution < -0.4 is 21.3 Å². The van der Waals surface area contributed by atoms with E-state index < -0.39 is 0 Å². The maximum Gasteiger partial charge on any atom is 0.249 e. The molecule has 9 aromatic rings. The van der Waals surface area contributed by atoms with E-state index in [0.29, 0.717) is 0 Å². The number of rotatable bonds is 3. The Hall–Kier alpha value is -5.65. The molecule has 2 aliphatic rings. The van der Waals surface area contributed by atoms with Gasteiger partial charge in [-0.3, -0.25) is 0 Å². The van der Waals surface area contributed by atoms with E-state index in [1.807, 2.05) is 11.8 Å². The number of hydrogen-bond acceptors (Lipinski definition) is 3. The molecule has 11 rings (SSSR count). The average Bonchev–Trinajstić information content (AvgIpc) is 3.67. The number of anilines is 3. The van der Waals surface area contributed by atoms with Gasteiger partial charge in [0.1, 0.15) is 11.2 Å². The molecule has 0 N–H and O–H groups in total. The largest absolute Gasteiger partial charge is 0.456 e. The molecule has 218 valence electrons. The fourth-order valence-electron chi connectivity index (χ4n) is 8.17. The Bertz CT molecular complexity index is 2690. The van der Waals surface area contributed by atoms with Crippen molar-refractivity contribution in [1.29, 1.82) is 0 Å². The highest BCUT2D eigenvalue weighted by Gasteiger charge is 2.41. The minimum absolute atomic E-state index is 0.0883. The van der Waals surface area contributed by atoms with Gasteiger partial charge in [-0.2, -0.15) is 0 Å². The monoisotopic (exact) mass is 616 g/mol. The lowest BCUT2D eigenvalue weighted by Gasteiger charge is -2.35. The number of para-hydroxylation sites is 4. The van der Waals surface area contributed by atoms with Gasteiger partial charge in [-0.25, -0.2) is 0 Å². The molecule has 0 radical (unpaired) electrons. The predicted molar refractivity (Wildman–Crippen MR) is 198 cm³/mol. The molecule has 2 aromatic heterocycles. The molecular weight excluding hydrogens is 591 g/mol. The molecule has 7 aromatic carbocycles. The van der Waals surface area contributed by atoms with E-state index in [4.69, 9.17) is 4.42 Å². The summed E-state index contributed by atoms with van der Waals surface area (Å²) in [5.74, 6) is 0. The first-order chi connectivity index (χ1) is 23.3. The van der Waals surface area contributed by atoms with Gasteiger partial charge in [-0.1, -0.05) is 108 Å². The zero-order valence-electron chi connectivity index (χ0n) is 25.2. The number of nitrogens with zero attached hydrogens (tertiary/aromatic N) is 2. The van der Waals surface area contributed by atoms with Gasteiger partial charge >= 0.3 is 0 Å². The van der Waals surface area contributed by atoms with Crippen LogP contribution in [0.4, 0.5) is 17.1 Å². The van der Waals surface area contributed by atoms with Crippen LogP contribution in [-0.2, 0) is 0 Å². The Morgan fingerprint density at radius 2 is 1.21 bits per heavy atom. The van der Waals surface area contributed by atoms with Gasteiger partial charge in [0.2, 0.25) is 6.71 Å². The van der Waals surface area contributed by atoms with Crippen LogP contribution in [0.2, 0.25) is 0 Å². The van der Waals surface area contributed by atoms with Gasteiger partial charge in [0.05, 0.1) is 11.0 Å². The number of hydrogen-bond donors (Lipinski definition) is 0. The number of aromatic nitrogens is 1. The first-order valence-electron chi connectivity index (χ1n) is 16.1. The Morgan fingerprint density at radius 3 is 2.02 bits per heavy atom. The highest BCUT2D eigenvalue weighted by Crippen LogP contribution is 2.46. The third-order valence-corrected chi connectivity index (χ3v) is 11.1. The highest BCUT2D eigenvalue weighted by atomic mass is 32.2. The summed E-state index contributed by atoms with van der Waals surface area (Å²) in [6.45, 7) is 0.0883. The first kappa shape index (κ1) is 25.5. The smallest absolute Gasteiger partial charge is 0.249 e. The molecule has 0 saturated carbocycles. The van der Waals surface area contributed by atoms with E-state index in [9.17, 15) is 0 Å². The molecule has 0 unspecified atom stereocenters. The second kappa shape index (κ2) is 9.44. The van der Waals surface area contributed by atoms with Crippen molar-refractivity contribution in [3.05, 3.63) is 152 Å². The molecule has 5 heteroatoms. The second-order valence-electron chi connectivity index (χ2n) is 12.5. The van der Waals surface area contributed by atoms with E-state index in [1.54, 1.807) is 0 Å². The second-order valence-corrected chi connectivity index (χ2v) is 13.6.